The lowest BCUT2D eigenvalue weighted by Gasteiger charge is -2.14. The van der Waals surface area contributed by atoms with Gasteiger partial charge in [-0.05, 0) is 25.0 Å². The molecular weight excluding hydrogens is 256 g/mol. The first-order valence-corrected chi connectivity index (χ1v) is 6.31. The Morgan fingerprint density at radius 1 is 1.40 bits per heavy atom. The maximum absolute atomic E-state index is 8.63. The van der Waals surface area contributed by atoms with E-state index in [0.717, 1.165) is 19.4 Å². The van der Waals surface area contributed by atoms with E-state index >= 15 is 0 Å². The lowest BCUT2D eigenvalue weighted by atomic mass is 10.2. The minimum atomic E-state index is -0.237. The van der Waals surface area contributed by atoms with E-state index in [1.807, 2.05) is 12.1 Å². The highest BCUT2D eigenvalue weighted by Crippen LogP contribution is 2.25. The van der Waals surface area contributed by atoms with E-state index < -0.39 is 0 Å². The summed E-state index contributed by atoms with van der Waals surface area (Å²) in [6, 6.07) is 10.6. The molecule has 1 heterocycles. The highest BCUT2D eigenvalue weighted by atomic mass is 16.5. The molecule has 20 heavy (non-hydrogen) atoms. The number of benzene rings is 1. The van der Waals surface area contributed by atoms with E-state index in [9.17, 15) is 0 Å². The molecule has 6 nitrogen and oxygen atoms in total. The molecule has 0 aromatic heterocycles. The van der Waals surface area contributed by atoms with Gasteiger partial charge in [0.05, 0.1) is 11.8 Å². The van der Waals surface area contributed by atoms with Crippen LogP contribution in [0.15, 0.2) is 29.4 Å². The van der Waals surface area contributed by atoms with E-state index in [2.05, 4.69) is 10.5 Å². The number of anilines is 1. The lowest BCUT2D eigenvalue weighted by Crippen LogP contribution is -2.16. The maximum Gasteiger partial charge on any atom is 0.237 e. The molecule has 1 aliphatic rings. The minimum absolute atomic E-state index is 0.125. The first-order chi connectivity index (χ1) is 9.83. The number of hydrogen-bond acceptors (Lipinski definition) is 6. The third-order valence-electron chi connectivity index (χ3n) is 2.84. The Hall–Kier alpha value is -2.57. The molecule has 1 aromatic rings. The third kappa shape index (κ3) is 3.71. The summed E-state index contributed by atoms with van der Waals surface area (Å²) in [7, 11) is 0. The van der Waals surface area contributed by atoms with Crippen LogP contribution in [0.2, 0.25) is 0 Å². The third-order valence-corrected chi connectivity index (χ3v) is 2.84. The summed E-state index contributed by atoms with van der Waals surface area (Å²) in [6.07, 6.45) is 2.19. The van der Waals surface area contributed by atoms with Crippen molar-refractivity contribution in [2.45, 2.75) is 18.9 Å². The predicted molar refractivity (Wildman–Crippen MR) is 73.2 cm³/mol. The second kappa shape index (κ2) is 7.13. The standard InChI is InChI=1S/C14H14N4O2/c15-8-11(9-16)17-18-13-5-1-2-6-14(13)20-10-12-4-3-7-19-12/h1-2,5-6,12,18H,3-4,7,10H2. The number of rotatable bonds is 5. The predicted octanol–water partition coefficient (Wildman–Crippen LogP) is 2.06. The van der Waals surface area contributed by atoms with Crippen LogP contribution >= 0.6 is 0 Å². The van der Waals surface area contributed by atoms with Crippen molar-refractivity contribution >= 4 is 11.4 Å². The summed E-state index contributed by atoms with van der Waals surface area (Å²) >= 11 is 0. The Morgan fingerprint density at radius 2 is 2.20 bits per heavy atom. The van der Waals surface area contributed by atoms with Gasteiger partial charge in [-0.25, -0.2) is 0 Å². The fraction of sp³-hybridized carbons (Fsp3) is 0.357. The normalized spacial score (nSPS) is 16.8. The molecule has 1 N–H and O–H groups in total. The van der Waals surface area contributed by atoms with Gasteiger partial charge in [0, 0.05) is 6.61 Å². The molecule has 1 unspecified atom stereocenters. The van der Waals surface area contributed by atoms with Crippen LogP contribution in [0.3, 0.4) is 0 Å². The van der Waals surface area contributed by atoms with Crippen molar-refractivity contribution in [2.24, 2.45) is 5.10 Å². The topological polar surface area (TPSA) is 90.4 Å². The smallest absolute Gasteiger partial charge is 0.237 e. The molecule has 2 rings (SSSR count). The first-order valence-electron chi connectivity index (χ1n) is 6.31. The molecule has 0 saturated carbocycles. The average molecular weight is 270 g/mol. The molecule has 102 valence electrons. The maximum atomic E-state index is 8.63. The van der Waals surface area contributed by atoms with Crippen molar-refractivity contribution in [3.8, 4) is 17.9 Å². The van der Waals surface area contributed by atoms with Gasteiger partial charge in [-0.15, -0.1) is 0 Å². The molecule has 1 fully saturated rings. The van der Waals surface area contributed by atoms with Gasteiger partial charge >= 0.3 is 0 Å². The quantitative estimate of drug-likeness (QED) is 0.653. The fourth-order valence-electron chi connectivity index (χ4n) is 1.83. The monoisotopic (exact) mass is 270 g/mol. The summed E-state index contributed by atoms with van der Waals surface area (Å²) in [5.74, 6) is 0.613. The van der Waals surface area contributed by atoms with Crippen LogP contribution in [0.4, 0.5) is 5.69 Å². The van der Waals surface area contributed by atoms with Crippen molar-refractivity contribution in [1.82, 2.24) is 0 Å². The number of ether oxygens (including phenoxy) is 2. The molecule has 0 amide bonds. The second-order valence-electron chi connectivity index (χ2n) is 4.24. The Bertz CT molecular complexity index is 549. The number of hydrogen-bond donors (Lipinski definition) is 1. The van der Waals surface area contributed by atoms with E-state index in [-0.39, 0.29) is 11.8 Å². The molecule has 0 bridgehead atoms. The van der Waals surface area contributed by atoms with Crippen LogP contribution in [0.5, 0.6) is 5.75 Å². The van der Waals surface area contributed by atoms with Crippen molar-refractivity contribution < 1.29 is 9.47 Å². The summed E-state index contributed by atoms with van der Waals surface area (Å²) < 4.78 is 11.2. The van der Waals surface area contributed by atoms with Crippen LogP contribution in [0, 0.1) is 22.7 Å². The van der Waals surface area contributed by atoms with Crippen molar-refractivity contribution in [3.63, 3.8) is 0 Å². The van der Waals surface area contributed by atoms with E-state index in [0.29, 0.717) is 18.0 Å². The summed E-state index contributed by atoms with van der Waals surface area (Å²) in [5.41, 5.74) is 3.04. The fourth-order valence-corrected chi connectivity index (χ4v) is 1.83. The summed E-state index contributed by atoms with van der Waals surface area (Å²) in [6.45, 7) is 1.26. The largest absolute Gasteiger partial charge is 0.489 e. The van der Waals surface area contributed by atoms with Crippen molar-refractivity contribution in [1.29, 1.82) is 10.5 Å². The van der Waals surface area contributed by atoms with Crippen LogP contribution in [-0.2, 0) is 4.74 Å². The van der Waals surface area contributed by atoms with Gasteiger partial charge in [-0.3, -0.25) is 5.43 Å². The highest BCUT2D eigenvalue weighted by Gasteiger charge is 2.16. The van der Waals surface area contributed by atoms with Gasteiger partial charge < -0.3 is 9.47 Å². The number of nitrogens with one attached hydrogen (secondary N) is 1. The van der Waals surface area contributed by atoms with Crippen molar-refractivity contribution in [3.05, 3.63) is 24.3 Å². The Morgan fingerprint density at radius 3 is 2.90 bits per heavy atom. The van der Waals surface area contributed by atoms with Gasteiger partial charge in [0.2, 0.25) is 5.71 Å². The Kier molecular flexibility index (Phi) is 4.94. The average Bonchev–Trinajstić information content (AvgIpc) is 3.00. The van der Waals surface area contributed by atoms with Gasteiger partial charge in [0.1, 0.15) is 24.5 Å². The SMILES string of the molecule is N#CC(C#N)=NNc1ccccc1OCC1CCCO1. The molecule has 0 radical (unpaired) electrons. The molecule has 0 aliphatic carbocycles. The molecule has 1 saturated heterocycles. The summed E-state index contributed by atoms with van der Waals surface area (Å²) in [4.78, 5) is 0. The van der Waals surface area contributed by atoms with Crippen LogP contribution < -0.4 is 10.2 Å². The molecule has 1 aliphatic heterocycles. The number of para-hydroxylation sites is 2. The number of hydrazone groups is 1. The van der Waals surface area contributed by atoms with E-state index in [1.54, 1.807) is 24.3 Å². The zero-order valence-corrected chi connectivity index (χ0v) is 10.9. The van der Waals surface area contributed by atoms with E-state index in [4.69, 9.17) is 20.0 Å². The van der Waals surface area contributed by atoms with Crippen LogP contribution in [0.25, 0.3) is 0 Å². The van der Waals surface area contributed by atoms with Crippen LogP contribution in [-0.4, -0.2) is 25.0 Å². The highest BCUT2D eigenvalue weighted by molar-refractivity contribution is 6.10. The zero-order valence-electron chi connectivity index (χ0n) is 10.9. The summed E-state index contributed by atoms with van der Waals surface area (Å²) in [5, 5.41) is 21.0. The molecular formula is C14H14N4O2. The first kappa shape index (κ1) is 13.9. The number of nitrogens with zero attached hydrogens (tertiary/aromatic N) is 3. The van der Waals surface area contributed by atoms with E-state index in [1.165, 1.54) is 0 Å². The minimum Gasteiger partial charge on any atom is -0.489 e. The molecule has 0 spiro atoms. The Labute approximate surface area is 117 Å². The molecule has 1 aromatic carbocycles. The van der Waals surface area contributed by atoms with Crippen molar-refractivity contribution in [2.75, 3.05) is 18.6 Å². The van der Waals surface area contributed by atoms with Gasteiger partial charge in [0.15, 0.2) is 0 Å². The van der Waals surface area contributed by atoms with Gasteiger partial charge in [-0.2, -0.15) is 15.6 Å². The lowest BCUT2D eigenvalue weighted by molar-refractivity contribution is 0.0682. The van der Waals surface area contributed by atoms with Gasteiger partial charge in [-0.1, -0.05) is 12.1 Å². The second-order valence-corrected chi connectivity index (χ2v) is 4.24. The van der Waals surface area contributed by atoms with Gasteiger partial charge in [0.25, 0.3) is 0 Å². The number of nitriles is 2. The molecule has 6 heteroatoms. The molecule has 1 atom stereocenters. The zero-order chi connectivity index (χ0) is 14.2. The van der Waals surface area contributed by atoms with Crippen LogP contribution in [0.1, 0.15) is 12.8 Å². The Balaban J connectivity index is 2.00.